The maximum Gasteiger partial charge on any atom is 2.00 e. The smallest absolute Gasteiger partial charge is 1.00 e. The van der Waals surface area contributed by atoms with Crippen molar-refractivity contribution < 1.29 is 41.6 Å². The Hall–Kier alpha value is -1.98. The summed E-state index contributed by atoms with van der Waals surface area (Å²) in [6.07, 6.45) is 21.1. The van der Waals surface area contributed by atoms with Crippen LogP contribution in [0.5, 0.6) is 0 Å². The summed E-state index contributed by atoms with van der Waals surface area (Å²) in [7, 11) is 0. The number of pyridine rings is 1. The van der Waals surface area contributed by atoms with E-state index in [1.807, 2.05) is 0 Å². The number of unbranched alkanes of at least 4 members (excludes halogenated alkanes) is 6. The minimum absolute atomic E-state index is 0. The van der Waals surface area contributed by atoms with Gasteiger partial charge in [0.2, 0.25) is 0 Å². The molecule has 0 saturated carbocycles. The molecule has 0 bridgehead atoms. The molecule has 0 atom stereocenters. The van der Waals surface area contributed by atoms with Crippen molar-refractivity contribution in [1.82, 2.24) is 4.98 Å². The molecule has 3 aromatic rings. The van der Waals surface area contributed by atoms with Gasteiger partial charge in [-0.1, -0.05) is 110 Å². The van der Waals surface area contributed by atoms with E-state index >= 15 is 0 Å². The van der Waals surface area contributed by atoms with E-state index in [4.69, 9.17) is 15.0 Å². The molecule has 3 rings (SSSR count). The second kappa shape index (κ2) is 27.6. The van der Waals surface area contributed by atoms with E-state index in [2.05, 4.69) is 97.9 Å². The molecule has 0 unspecified atom stereocenters. The summed E-state index contributed by atoms with van der Waals surface area (Å²) < 4.78 is 0. The predicted molar refractivity (Wildman–Crippen MR) is 213 cm³/mol. The van der Waals surface area contributed by atoms with Crippen molar-refractivity contribution in [1.29, 1.82) is 0 Å². The van der Waals surface area contributed by atoms with Crippen LogP contribution in [0, 0.1) is 0 Å². The average molecular weight is 780 g/mol. The summed E-state index contributed by atoms with van der Waals surface area (Å²) in [6.45, 7) is 18.0. The monoisotopic (exact) mass is 778 g/mol. The Morgan fingerprint density at radius 1 is 0.471 bits per heavy atom. The van der Waals surface area contributed by atoms with E-state index in [0.717, 1.165) is 61.3 Å². The van der Waals surface area contributed by atoms with Crippen molar-refractivity contribution in [2.75, 3.05) is 0 Å². The van der Waals surface area contributed by atoms with Crippen LogP contribution in [-0.4, -0.2) is 16.4 Å². The number of rotatable bonds is 22. The van der Waals surface area contributed by atoms with Crippen LogP contribution in [0.25, 0.3) is 0 Å². The molecule has 1 radical (unpaired) electrons. The van der Waals surface area contributed by atoms with Crippen LogP contribution < -0.4 is 24.8 Å². The first kappa shape index (κ1) is 49.0. The number of hydrogen-bond acceptors (Lipinski definition) is 3. The fourth-order valence-electron chi connectivity index (χ4n) is 6.52. The summed E-state index contributed by atoms with van der Waals surface area (Å²) in [5.74, 6) is 0. The normalized spacial score (nSPS) is 11.5. The third-order valence-electron chi connectivity index (χ3n) is 9.54. The fourth-order valence-corrected chi connectivity index (χ4v) is 6.52. The van der Waals surface area contributed by atoms with Gasteiger partial charge in [-0.15, -0.1) is 0 Å². The zero-order valence-corrected chi connectivity index (χ0v) is 35.8. The van der Waals surface area contributed by atoms with E-state index in [-0.39, 0.29) is 41.6 Å². The molecule has 3 nitrogen and oxygen atoms in total. The fraction of sp³-hybridized carbons (Fsp3) is 0.578. The number of aliphatic imine (C=N–C) groups is 2. The molecule has 0 aliphatic heterocycles. The van der Waals surface area contributed by atoms with Gasteiger partial charge in [0, 0.05) is 0 Å². The quantitative estimate of drug-likeness (QED) is 0.0980. The Morgan fingerprint density at radius 2 is 0.745 bits per heavy atom. The van der Waals surface area contributed by atoms with E-state index < -0.39 is 0 Å². The molecule has 0 amide bonds. The van der Waals surface area contributed by atoms with Crippen LogP contribution in [0.15, 0.2) is 52.4 Å². The predicted octanol–water partition coefficient (Wildman–Crippen LogP) is 7.42. The van der Waals surface area contributed by atoms with Crippen LogP contribution in [0.3, 0.4) is 0 Å². The minimum Gasteiger partial charge on any atom is -1.00 e. The largest absolute Gasteiger partial charge is 2.00 e. The van der Waals surface area contributed by atoms with Crippen molar-refractivity contribution in [3.8, 4) is 0 Å². The Bertz CT molecular complexity index is 1320. The minimum atomic E-state index is 0. The van der Waals surface area contributed by atoms with Gasteiger partial charge in [-0.05, 0) is 136 Å². The summed E-state index contributed by atoms with van der Waals surface area (Å²) in [5, 5.41) is 0. The molecule has 0 N–H and O–H groups in total. The van der Waals surface area contributed by atoms with Crippen LogP contribution in [-0.2, 0) is 55.3 Å². The molecule has 0 saturated heterocycles. The van der Waals surface area contributed by atoms with Crippen molar-refractivity contribution >= 4 is 22.8 Å². The molecule has 0 aliphatic carbocycles. The standard InChI is InChI=1S/C45H67N3.2ClH.Co/c1-9-15-22-36-30-38(24-17-11-3)44(39(31-36)25-18-12-4)46-34(7)42-28-21-29-43(48-42)35(8)47-45-40(26-19-13-5)32-37(23-16-10-2)33-41(45)27-20-14-6;;;/h21,28-33H,9-20,22-27H2,1-8H3;2*1H;/q;;;+2/p-2. The first-order valence-corrected chi connectivity index (χ1v) is 19.8. The van der Waals surface area contributed by atoms with Crippen LogP contribution in [0.4, 0.5) is 11.4 Å². The number of aromatic nitrogens is 1. The Kier molecular flexibility index (Phi) is 26.5. The molecule has 0 aliphatic rings. The van der Waals surface area contributed by atoms with Crippen molar-refractivity contribution in [3.05, 3.63) is 87.2 Å². The van der Waals surface area contributed by atoms with Crippen molar-refractivity contribution in [3.63, 3.8) is 0 Å². The third kappa shape index (κ3) is 15.9. The second-order valence-corrected chi connectivity index (χ2v) is 13.9. The molecule has 1 aromatic heterocycles. The summed E-state index contributed by atoms with van der Waals surface area (Å²) in [5.41, 5.74) is 14.8. The Balaban J connectivity index is 0.00000833. The average Bonchev–Trinajstić information content (AvgIpc) is 3.10. The van der Waals surface area contributed by atoms with Gasteiger partial charge in [-0.3, -0.25) is 9.98 Å². The SMILES string of the molecule is CCCCc1cc(CCCC)c(N=C(C)c2cccc(C(C)=Nc3c(CCCC)cc(CCCC)cc3CCCC)n2)c(CCCC)c1.[Cl-].[Cl-].[Co+2]. The molecular formula is C45H67Cl2CoN3. The van der Waals surface area contributed by atoms with Crippen molar-refractivity contribution in [2.45, 2.75) is 171 Å². The van der Waals surface area contributed by atoms with E-state index in [0.29, 0.717) is 0 Å². The Labute approximate surface area is 335 Å². The van der Waals surface area contributed by atoms with Crippen LogP contribution in [0.2, 0.25) is 0 Å². The first-order chi connectivity index (χ1) is 23.4. The van der Waals surface area contributed by atoms with Gasteiger partial charge in [-0.2, -0.15) is 0 Å². The van der Waals surface area contributed by atoms with Gasteiger partial charge >= 0.3 is 16.8 Å². The van der Waals surface area contributed by atoms with E-state index in [9.17, 15) is 0 Å². The van der Waals surface area contributed by atoms with Gasteiger partial charge in [0.1, 0.15) is 0 Å². The number of aryl methyl sites for hydroxylation is 6. The molecule has 0 spiro atoms. The zero-order chi connectivity index (χ0) is 34.7. The van der Waals surface area contributed by atoms with Gasteiger partial charge in [0.05, 0.1) is 34.2 Å². The Morgan fingerprint density at radius 3 is 1.02 bits per heavy atom. The molecule has 1 heterocycles. The van der Waals surface area contributed by atoms with Crippen LogP contribution >= 0.6 is 0 Å². The topological polar surface area (TPSA) is 37.6 Å². The van der Waals surface area contributed by atoms with Gasteiger partial charge in [-0.25, -0.2) is 4.98 Å². The number of halogens is 2. The number of benzene rings is 2. The number of hydrogen-bond donors (Lipinski definition) is 0. The summed E-state index contributed by atoms with van der Waals surface area (Å²) in [4.78, 5) is 16.0. The maximum absolute atomic E-state index is 5.38. The van der Waals surface area contributed by atoms with Crippen molar-refractivity contribution in [2.24, 2.45) is 9.98 Å². The second-order valence-electron chi connectivity index (χ2n) is 13.9. The van der Waals surface area contributed by atoms with E-state index in [1.165, 1.54) is 122 Å². The van der Waals surface area contributed by atoms with Gasteiger partial charge < -0.3 is 24.8 Å². The molecule has 0 fully saturated rings. The summed E-state index contributed by atoms with van der Waals surface area (Å²) >= 11 is 0. The zero-order valence-electron chi connectivity index (χ0n) is 33.2. The maximum atomic E-state index is 5.38. The third-order valence-corrected chi connectivity index (χ3v) is 9.54. The van der Waals surface area contributed by atoms with Crippen LogP contribution in [0.1, 0.15) is 177 Å². The molecule has 2 aromatic carbocycles. The first-order valence-electron chi connectivity index (χ1n) is 19.8. The summed E-state index contributed by atoms with van der Waals surface area (Å²) in [6, 6.07) is 16.2. The van der Waals surface area contributed by atoms with Gasteiger partial charge in [0.25, 0.3) is 0 Å². The van der Waals surface area contributed by atoms with E-state index in [1.54, 1.807) is 0 Å². The molecule has 51 heavy (non-hydrogen) atoms. The molecular weight excluding hydrogens is 712 g/mol. The molecule has 285 valence electrons. The van der Waals surface area contributed by atoms with Gasteiger partial charge in [0.15, 0.2) is 0 Å². The number of nitrogens with zero attached hydrogens (tertiary/aromatic N) is 3. The molecule has 6 heteroatoms.